The van der Waals surface area contributed by atoms with Crippen LogP contribution in [0.25, 0.3) is 5.65 Å². The summed E-state index contributed by atoms with van der Waals surface area (Å²) in [5, 5.41) is 7.33. The molecule has 0 bridgehead atoms. The molecule has 3 rings (SSSR count). The maximum absolute atomic E-state index is 5.74. The van der Waals surface area contributed by atoms with Crippen LogP contribution in [0.1, 0.15) is 6.42 Å². The van der Waals surface area contributed by atoms with Crippen molar-refractivity contribution in [1.82, 2.24) is 19.9 Å². The molecule has 1 atom stereocenters. The monoisotopic (exact) mass is 204 g/mol. The third-order valence-corrected chi connectivity index (χ3v) is 2.53. The van der Waals surface area contributed by atoms with Gasteiger partial charge in [-0.3, -0.25) is 0 Å². The molecule has 78 valence electrons. The summed E-state index contributed by atoms with van der Waals surface area (Å²) in [6, 6.07) is 3.71. The molecule has 0 radical (unpaired) electrons. The third kappa shape index (κ3) is 1.66. The Morgan fingerprint density at radius 2 is 2.47 bits per heavy atom. The molecule has 5 heteroatoms. The highest BCUT2D eigenvalue weighted by Crippen LogP contribution is 2.12. The summed E-state index contributed by atoms with van der Waals surface area (Å²) in [4.78, 5) is 4.35. The van der Waals surface area contributed by atoms with Crippen LogP contribution in [0.5, 0.6) is 5.88 Å². The summed E-state index contributed by atoms with van der Waals surface area (Å²) in [5.74, 6) is 0.678. The molecule has 0 amide bonds. The summed E-state index contributed by atoms with van der Waals surface area (Å²) in [5.41, 5.74) is 0.818. The second-order valence-corrected chi connectivity index (χ2v) is 3.63. The minimum atomic E-state index is 0.253. The molecule has 2 aromatic rings. The van der Waals surface area contributed by atoms with E-state index < -0.39 is 0 Å². The van der Waals surface area contributed by atoms with E-state index in [1.807, 2.05) is 18.3 Å². The predicted octanol–water partition coefficient (Wildman–Crippen LogP) is 0.470. The van der Waals surface area contributed by atoms with E-state index in [1.54, 1.807) is 10.7 Å². The highest BCUT2D eigenvalue weighted by molar-refractivity contribution is 5.37. The summed E-state index contributed by atoms with van der Waals surface area (Å²) >= 11 is 0. The van der Waals surface area contributed by atoms with Crippen molar-refractivity contribution < 1.29 is 4.74 Å². The van der Waals surface area contributed by atoms with Crippen LogP contribution in [0.3, 0.4) is 0 Å². The fourth-order valence-electron chi connectivity index (χ4n) is 1.76. The summed E-state index contributed by atoms with van der Waals surface area (Å²) in [6.07, 6.45) is 4.89. The zero-order chi connectivity index (χ0) is 10.1. The Labute approximate surface area is 87.1 Å². The summed E-state index contributed by atoms with van der Waals surface area (Å²) in [7, 11) is 0. The molecule has 1 fully saturated rings. The van der Waals surface area contributed by atoms with Gasteiger partial charge in [0.15, 0.2) is 5.65 Å². The first kappa shape index (κ1) is 8.67. The maximum atomic E-state index is 5.74. The van der Waals surface area contributed by atoms with Crippen molar-refractivity contribution in [2.24, 2.45) is 0 Å². The zero-order valence-corrected chi connectivity index (χ0v) is 8.26. The molecule has 1 aliphatic rings. The van der Waals surface area contributed by atoms with Gasteiger partial charge in [0.1, 0.15) is 6.10 Å². The van der Waals surface area contributed by atoms with E-state index in [0.717, 1.165) is 25.2 Å². The van der Waals surface area contributed by atoms with Gasteiger partial charge in [-0.2, -0.15) is 10.1 Å². The highest BCUT2D eigenvalue weighted by Gasteiger charge is 2.16. The molecule has 1 aliphatic heterocycles. The molecule has 3 heterocycles. The number of fused-ring (bicyclic) bond motifs is 1. The van der Waals surface area contributed by atoms with Crippen molar-refractivity contribution in [3.63, 3.8) is 0 Å². The van der Waals surface area contributed by atoms with Gasteiger partial charge in [0.2, 0.25) is 5.88 Å². The molecule has 0 spiro atoms. The molecule has 15 heavy (non-hydrogen) atoms. The lowest BCUT2D eigenvalue weighted by atomic mass is 10.3. The van der Waals surface area contributed by atoms with Crippen LogP contribution in [-0.4, -0.2) is 33.8 Å². The zero-order valence-electron chi connectivity index (χ0n) is 8.26. The number of rotatable bonds is 2. The molecule has 1 saturated heterocycles. The van der Waals surface area contributed by atoms with E-state index in [4.69, 9.17) is 4.74 Å². The number of hydrogen-bond donors (Lipinski definition) is 1. The van der Waals surface area contributed by atoms with E-state index in [0.29, 0.717) is 5.88 Å². The van der Waals surface area contributed by atoms with Gasteiger partial charge in [0.05, 0.1) is 6.20 Å². The molecular weight excluding hydrogens is 192 g/mol. The van der Waals surface area contributed by atoms with Crippen molar-refractivity contribution in [1.29, 1.82) is 0 Å². The molecule has 0 saturated carbocycles. The van der Waals surface area contributed by atoms with Crippen molar-refractivity contribution in [3.8, 4) is 5.88 Å². The lowest BCUT2D eigenvalue weighted by molar-refractivity contribution is 0.214. The van der Waals surface area contributed by atoms with Crippen LogP contribution < -0.4 is 10.1 Å². The van der Waals surface area contributed by atoms with E-state index in [-0.39, 0.29) is 6.10 Å². The van der Waals surface area contributed by atoms with Gasteiger partial charge in [-0.25, -0.2) is 4.52 Å². The van der Waals surface area contributed by atoms with E-state index in [1.165, 1.54) is 0 Å². The summed E-state index contributed by atoms with van der Waals surface area (Å²) in [6.45, 7) is 1.94. The normalized spacial score (nSPS) is 20.9. The summed E-state index contributed by atoms with van der Waals surface area (Å²) < 4.78 is 7.46. The van der Waals surface area contributed by atoms with Crippen molar-refractivity contribution in [2.75, 3.05) is 13.1 Å². The molecule has 1 N–H and O–H groups in total. The van der Waals surface area contributed by atoms with Crippen LogP contribution in [-0.2, 0) is 0 Å². The molecular formula is C10H12N4O. The molecule has 2 aromatic heterocycles. The average molecular weight is 204 g/mol. The smallest absolute Gasteiger partial charge is 0.217 e. The minimum absolute atomic E-state index is 0.253. The van der Waals surface area contributed by atoms with Gasteiger partial charge in [-0.15, -0.1) is 0 Å². The van der Waals surface area contributed by atoms with Crippen molar-refractivity contribution >= 4 is 5.65 Å². The Balaban J connectivity index is 1.84. The Morgan fingerprint density at radius 3 is 3.33 bits per heavy atom. The first-order valence-electron chi connectivity index (χ1n) is 5.09. The fourth-order valence-corrected chi connectivity index (χ4v) is 1.76. The number of ether oxygens (including phenoxy) is 1. The lowest BCUT2D eigenvalue weighted by Crippen LogP contribution is -2.20. The number of hydrogen-bond acceptors (Lipinski definition) is 4. The minimum Gasteiger partial charge on any atom is -0.473 e. The van der Waals surface area contributed by atoms with Gasteiger partial charge in [-0.1, -0.05) is 0 Å². The lowest BCUT2D eigenvalue weighted by Gasteiger charge is -2.10. The van der Waals surface area contributed by atoms with Crippen LogP contribution in [0.2, 0.25) is 0 Å². The van der Waals surface area contributed by atoms with Gasteiger partial charge in [0, 0.05) is 24.9 Å². The largest absolute Gasteiger partial charge is 0.473 e. The van der Waals surface area contributed by atoms with Gasteiger partial charge in [-0.05, 0) is 13.0 Å². The Morgan fingerprint density at radius 1 is 1.47 bits per heavy atom. The van der Waals surface area contributed by atoms with E-state index >= 15 is 0 Å². The standard InChI is InChI=1S/C10H12N4O/c1-4-11-7-8(1)15-10-3-6-14-9(13-10)2-5-12-14/h2-3,5-6,8,11H,1,4,7H2. The first-order valence-corrected chi connectivity index (χ1v) is 5.09. The Bertz CT molecular complexity index is 461. The number of aromatic nitrogens is 3. The second kappa shape index (κ2) is 3.51. The maximum Gasteiger partial charge on any atom is 0.217 e. The third-order valence-electron chi connectivity index (χ3n) is 2.53. The Kier molecular flexibility index (Phi) is 2.03. The highest BCUT2D eigenvalue weighted by atomic mass is 16.5. The first-order chi connectivity index (χ1) is 7.42. The van der Waals surface area contributed by atoms with E-state index in [9.17, 15) is 0 Å². The predicted molar refractivity (Wildman–Crippen MR) is 54.9 cm³/mol. The average Bonchev–Trinajstić information content (AvgIpc) is 2.87. The number of nitrogens with one attached hydrogen (secondary N) is 1. The Hall–Kier alpha value is -1.62. The van der Waals surface area contributed by atoms with Crippen molar-refractivity contribution in [2.45, 2.75) is 12.5 Å². The second-order valence-electron chi connectivity index (χ2n) is 3.63. The van der Waals surface area contributed by atoms with Crippen LogP contribution in [0, 0.1) is 0 Å². The number of nitrogens with zero attached hydrogens (tertiary/aromatic N) is 3. The van der Waals surface area contributed by atoms with Crippen LogP contribution >= 0.6 is 0 Å². The molecule has 0 aromatic carbocycles. The van der Waals surface area contributed by atoms with Crippen LogP contribution in [0.15, 0.2) is 24.5 Å². The van der Waals surface area contributed by atoms with Gasteiger partial charge in [0.25, 0.3) is 0 Å². The quantitative estimate of drug-likeness (QED) is 0.772. The topological polar surface area (TPSA) is 51.5 Å². The van der Waals surface area contributed by atoms with Crippen LogP contribution in [0.4, 0.5) is 0 Å². The van der Waals surface area contributed by atoms with Crippen molar-refractivity contribution in [3.05, 3.63) is 24.5 Å². The van der Waals surface area contributed by atoms with Gasteiger partial charge < -0.3 is 10.1 Å². The molecule has 1 unspecified atom stereocenters. The molecule has 0 aliphatic carbocycles. The molecule has 5 nitrogen and oxygen atoms in total. The van der Waals surface area contributed by atoms with Gasteiger partial charge >= 0.3 is 0 Å². The SMILES string of the molecule is c1cc2nc(OC3CCNC3)ccn2n1. The fraction of sp³-hybridized carbons (Fsp3) is 0.400. The van der Waals surface area contributed by atoms with E-state index in [2.05, 4.69) is 15.4 Å².